The van der Waals surface area contributed by atoms with Gasteiger partial charge < -0.3 is 0 Å². The molecule has 3 aliphatic carbocycles. The van der Waals surface area contributed by atoms with E-state index in [1.807, 2.05) is 0 Å². The van der Waals surface area contributed by atoms with Crippen LogP contribution < -0.4 is 0 Å². The number of rotatable bonds is 10. The van der Waals surface area contributed by atoms with Gasteiger partial charge in [0.15, 0.2) is 0 Å². The second kappa shape index (κ2) is 30.7. The molecule has 24 aromatic carbocycles. The van der Waals surface area contributed by atoms with Crippen LogP contribution in [0.4, 0.5) is 0 Å². The van der Waals surface area contributed by atoms with E-state index in [1.165, 1.54) is 264 Å². The Bertz CT molecular complexity index is 8520. The highest BCUT2D eigenvalue weighted by Crippen LogP contribution is 2.55. The zero-order valence-corrected chi connectivity index (χ0v) is 70.2. The second-order valence-electron chi connectivity index (χ2n) is 34.4. The molecular formula is C128H80. The molecule has 0 heterocycles. The van der Waals surface area contributed by atoms with Gasteiger partial charge in [-0.1, -0.05) is 413 Å². The zero-order chi connectivity index (χ0) is 84.3. The molecule has 0 aliphatic heterocycles. The Morgan fingerprint density at radius 1 is 0.0781 bits per heavy atom. The quantitative estimate of drug-likeness (QED) is 0.128. The number of benzene rings is 24. The van der Waals surface area contributed by atoms with Crippen LogP contribution in [0.1, 0.15) is 0 Å². The van der Waals surface area contributed by atoms with Gasteiger partial charge >= 0.3 is 0 Å². The lowest BCUT2D eigenvalue weighted by Gasteiger charge is -2.15. The summed E-state index contributed by atoms with van der Waals surface area (Å²) >= 11 is 0. The van der Waals surface area contributed by atoms with Crippen molar-refractivity contribution in [1.29, 1.82) is 0 Å². The van der Waals surface area contributed by atoms with Crippen LogP contribution in [0.2, 0.25) is 0 Å². The van der Waals surface area contributed by atoms with Gasteiger partial charge in [-0.2, -0.15) is 0 Å². The predicted molar refractivity (Wildman–Crippen MR) is 547 cm³/mol. The van der Waals surface area contributed by atoms with Crippen LogP contribution >= 0.6 is 0 Å². The second-order valence-corrected chi connectivity index (χ2v) is 34.4. The van der Waals surface area contributed by atoms with Gasteiger partial charge in [-0.15, -0.1) is 0 Å². The van der Waals surface area contributed by atoms with E-state index in [2.05, 4.69) is 485 Å². The van der Waals surface area contributed by atoms with E-state index in [4.69, 9.17) is 0 Å². The topological polar surface area (TPSA) is 0 Å². The summed E-state index contributed by atoms with van der Waals surface area (Å²) in [7, 11) is 0. The minimum Gasteiger partial charge on any atom is -0.0622 e. The Balaban J connectivity index is 0.000000105. The first-order valence-corrected chi connectivity index (χ1v) is 44.5. The fourth-order valence-corrected chi connectivity index (χ4v) is 21.1. The molecule has 27 rings (SSSR count). The molecule has 3 aliphatic rings. The molecule has 0 unspecified atom stereocenters. The molecule has 592 valence electrons. The maximum Gasteiger partial charge on any atom is -0.00201 e. The first-order valence-electron chi connectivity index (χ1n) is 44.5. The number of hydrogen-bond donors (Lipinski definition) is 0. The largest absolute Gasteiger partial charge is 0.0622 e. The molecule has 24 aromatic rings. The molecule has 0 N–H and O–H groups in total. The normalized spacial score (nSPS) is 11.8. The Morgan fingerprint density at radius 3 is 0.727 bits per heavy atom. The van der Waals surface area contributed by atoms with E-state index in [0.717, 1.165) is 0 Å². The van der Waals surface area contributed by atoms with Gasteiger partial charge in [-0.05, 0) is 337 Å². The molecule has 128 heavy (non-hydrogen) atoms. The van der Waals surface area contributed by atoms with E-state index in [0.29, 0.717) is 0 Å². The third-order valence-electron chi connectivity index (χ3n) is 27.2. The standard InChI is InChI=1S/C48H30.C42H26.C38H24/c1-3-11-31(12-4-1)33-17-9-18-34(25-33)38-27-39-26-37(21-22-41(39)45(30-38)32-13-5-2-6-14-32)40-23-24-44-47-29-36-16-8-7-15-35(36)28-46(47)43-20-10-19-42(40)48(43)44;1-2-9-27(10-3-1)30-19-20-35-31(23-30)15-7-16-34(35)32-13-6-14-33(24-32)36-21-22-39-41-26-29-12-5-4-11-28(29)25-40(41)38-18-8-17-37(36)42(38)39;1-2-9-25(10-3-1)26-19-20-31-27(23-26)13-7-16-30(31)28-11-6-12-29(24-28)32-21-22-37-34-15-5-4-14-33(34)36-18-8-17-35(32)38(36)37/h1-30H;1-26H;1-24H. The fourth-order valence-electron chi connectivity index (χ4n) is 21.1. The summed E-state index contributed by atoms with van der Waals surface area (Å²) in [4.78, 5) is 0. The van der Waals surface area contributed by atoms with Crippen LogP contribution in [0.3, 0.4) is 0 Å². The molecular weight excluding hydrogens is 1540 g/mol. The van der Waals surface area contributed by atoms with Gasteiger partial charge in [0.25, 0.3) is 0 Å². The first-order chi connectivity index (χ1) is 63.4. The van der Waals surface area contributed by atoms with Gasteiger partial charge in [-0.25, -0.2) is 0 Å². The lowest BCUT2D eigenvalue weighted by atomic mass is 9.89. The molecule has 0 amide bonds. The average Bonchev–Trinajstić information content (AvgIpc) is 1.55. The molecule has 0 nitrogen and oxygen atoms in total. The van der Waals surface area contributed by atoms with E-state index < -0.39 is 0 Å². The van der Waals surface area contributed by atoms with Crippen molar-refractivity contribution in [2.45, 2.75) is 0 Å². The summed E-state index contributed by atoms with van der Waals surface area (Å²) in [5.74, 6) is 0. The molecule has 0 atom stereocenters. The monoisotopic (exact) mass is 1620 g/mol. The maximum absolute atomic E-state index is 2.40. The van der Waals surface area contributed by atoms with Crippen molar-refractivity contribution in [2.75, 3.05) is 0 Å². The summed E-state index contributed by atoms with van der Waals surface area (Å²) in [5.41, 5.74) is 41.0. The lowest BCUT2D eigenvalue weighted by Crippen LogP contribution is -1.88. The van der Waals surface area contributed by atoms with Gasteiger partial charge in [0.05, 0.1) is 0 Å². The Morgan fingerprint density at radius 2 is 0.312 bits per heavy atom. The van der Waals surface area contributed by atoms with Crippen molar-refractivity contribution in [2.24, 2.45) is 0 Å². The first kappa shape index (κ1) is 74.0. The molecule has 0 saturated heterocycles. The van der Waals surface area contributed by atoms with Crippen molar-refractivity contribution in [1.82, 2.24) is 0 Å². The van der Waals surface area contributed by atoms with Crippen LogP contribution in [0.25, 0.3) is 264 Å². The Labute approximate surface area is 744 Å². The zero-order valence-electron chi connectivity index (χ0n) is 70.2. The number of hydrogen-bond acceptors (Lipinski definition) is 0. The van der Waals surface area contributed by atoms with Crippen LogP contribution in [-0.4, -0.2) is 0 Å². The lowest BCUT2D eigenvalue weighted by molar-refractivity contribution is 1.59. The van der Waals surface area contributed by atoms with E-state index in [9.17, 15) is 0 Å². The van der Waals surface area contributed by atoms with E-state index in [-0.39, 0.29) is 0 Å². The molecule has 0 aromatic heterocycles. The minimum absolute atomic E-state index is 1.22. The fraction of sp³-hybridized carbons (Fsp3) is 0. The minimum atomic E-state index is 1.22. The van der Waals surface area contributed by atoms with Crippen molar-refractivity contribution >= 4 is 86.2 Å². The van der Waals surface area contributed by atoms with Crippen molar-refractivity contribution < 1.29 is 0 Å². The van der Waals surface area contributed by atoms with Crippen LogP contribution in [0, 0.1) is 0 Å². The summed E-state index contributed by atoms with van der Waals surface area (Å²) < 4.78 is 0. The summed E-state index contributed by atoms with van der Waals surface area (Å²) in [5, 5.41) is 20.8. The van der Waals surface area contributed by atoms with Crippen molar-refractivity contribution in [3.63, 3.8) is 0 Å². The molecule has 0 saturated carbocycles. The molecule has 0 heteroatoms. The Kier molecular flexibility index (Phi) is 17.8. The average molecular weight is 1620 g/mol. The van der Waals surface area contributed by atoms with Crippen LogP contribution in [0.15, 0.2) is 485 Å². The van der Waals surface area contributed by atoms with Crippen molar-refractivity contribution in [3.8, 4) is 178 Å². The molecule has 0 bridgehead atoms. The highest BCUT2D eigenvalue weighted by Gasteiger charge is 2.28. The van der Waals surface area contributed by atoms with Gasteiger partial charge in [0.2, 0.25) is 0 Å². The SMILES string of the molecule is c1ccc(-c2ccc3c(-c4cccc(-c5ccc6c7c(cccc57)-c5cc7ccccc7cc5-6)c4)cccc3c2)cc1.c1ccc(-c2ccc3c(-c4cccc(-c5ccc6c7c(cccc57)-c5ccccc5-6)c4)cccc3c2)cc1.c1ccc(-c2cccc(-c3cc(-c4ccccc4)c4ccc(-c5ccc6c7c(cccc57)-c5cc7ccccc7cc5-6)cc4c3)c2)cc1. The number of fused-ring (bicyclic) bond motifs is 14. The van der Waals surface area contributed by atoms with E-state index in [1.54, 1.807) is 0 Å². The molecule has 0 fully saturated rings. The Hall–Kier alpha value is -16.6. The van der Waals surface area contributed by atoms with Crippen molar-refractivity contribution in [3.05, 3.63) is 485 Å². The van der Waals surface area contributed by atoms with Gasteiger partial charge in [0.1, 0.15) is 0 Å². The highest BCUT2D eigenvalue weighted by molar-refractivity contribution is 6.24. The summed E-state index contributed by atoms with van der Waals surface area (Å²) in [6.45, 7) is 0. The van der Waals surface area contributed by atoms with Crippen LogP contribution in [-0.2, 0) is 0 Å². The third-order valence-corrected chi connectivity index (χ3v) is 27.2. The summed E-state index contributed by atoms with van der Waals surface area (Å²) in [6, 6.07) is 178. The maximum atomic E-state index is 2.40. The van der Waals surface area contributed by atoms with E-state index >= 15 is 0 Å². The van der Waals surface area contributed by atoms with Gasteiger partial charge in [0, 0.05) is 0 Å². The smallest absolute Gasteiger partial charge is 0.00201 e. The van der Waals surface area contributed by atoms with Crippen LogP contribution in [0.5, 0.6) is 0 Å². The highest BCUT2D eigenvalue weighted by atomic mass is 14.3. The van der Waals surface area contributed by atoms with Gasteiger partial charge in [-0.3, -0.25) is 0 Å². The molecule has 0 spiro atoms. The predicted octanol–water partition coefficient (Wildman–Crippen LogP) is 35.9. The third kappa shape index (κ3) is 12.7. The summed E-state index contributed by atoms with van der Waals surface area (Å²) in [6.07, 6.45) is 0. The molecule has 0 radical (unpaired) electrons.